The molecule has 2 rings (SSSR count). The number of rotatable bonds is 3. The molecular formula is C11H9BrN2O2S. The molecule has 0 atom stereocenters. The Kier molecular flexibility index (Phi) is 3.44. The van der Waals surface area contributed by atoms with E-state index in [0.717, 1.165) is 27.1 Å². The first-order valence-corrected chi connectivity index (χ1v) is 6.39. The van der Waals surface area contributed by atoms with Gasteiger partial charge in [-0.2, -0.15) is 0 Å². The van der Waals surface area contributed by atoms with E-state index >= 15 is 0 Å². The van der Waals surface area contributed by atoms with E-state index in [1.54, 1.807) is 0 Å². The zero-order chi connectivity index (χ0) is 12.4. The molecule has 0 bridgehead atoms. The van der Waals surface area contributed by atoms with E-state index in [1.165, 1.54) is 6.20 Å². The Balaban J connectivity index is 2.22. The van der Waals surface area contributed by atoms with Gasteiger partial charge in [0, 0.05) is 4.47 Å². The van der Waals surface area contributed by atoms with E-state index in [2.05, 4.69) is 26.2 Å². The third-order valence-electron chi connectivity index (χ3n) is 2.08. The average molecular weight is 313 g/mol. The number of halogens is 1. The molecule has 1 aromatic carbocycles. The van der Waals surface area contributed by atoms with Crippen molar-refractivity contribution in [1.29, 1.82) is 0 Å². The minimum absolute atomic E-state index is 0.218. The van der Waals surface area contributed by atoms with Crippen LogP contribution >= 0.6 is 27.3 Å². The maximum Gasteiger partial charge on any atom is 0.347 e. The molecule has 4 nitrogen and oxygen atoms in total. The van der Waals surface area contributed by atoms with Crippen LogP contribution in [0.5, 0.6) is 0 Å². The number of anilines is 2. The molecule has 1 aromatic heterocycles. The van der Waals surface area contributed by atoms with Gasteiger partial charge in [0.25, 0.3) is 0 Å². The van der Waals surface area contributed by atoms with Crippen molar-refractivity contribution in [2.45, 2.75) is 6.92 Å². The summed E-state index contributed by atoms with van der Waals surface area (Å²) in [6.07, 6.45) is 1.34. The van der Waals surface area contributed by atoms with E-state index < -0.39 is 5.97 Å². The van der Waals surface area contributed by atoms with E-state index in [4.69, 9.17) is 5.11 Å². The van der Waals surface area contributed by atoms with Crippen molar-refractivity contribution < 1.29 is 9.90 Å². The lowest BCUT2D eigenvalue weighted by molar-refractivity contribution is 0.0702. The van der Waals surface area contributed by atoms with Crippen molar-refractivity contribution in [3.8, 4) is 0 Å². The quantitative estimate of drug-likeness (QED) is 0.908. The summed E-state index contributed by atoms with van der Waals surface area (Å²) in [4.78, 5) is 14.9. The topological polar surface area (TPSA) is 62.2 Å². The zero-order valence-electron chi connectivity index (χ0n) is 8.90. The van der Waals surface area contributed by atoms with Crippen LogP contribution in [0.1, 0.15) is 15.2 Å². The molecule has 0 fully saturated rings. The van der Waals surface area contributed by atoms with Gasteiger partial charge in [-0.3, -0.25) is 0 Å². The Morgan fingerprint density at radius 1 is 1.53 bits per heavy atom. The van der Waals surface area contributed by atoms with Crippen molar-refractivity contribution in [3.05, 3.63) is 39.3 Å². The number of aryl methyl sites for hydroxylation is 1. The Morgan fingerprint density at radius 2 is 2.29 bits per heavy atom. The van der Waals surface area contributed by atoms with Crippen molar-refractivity contribution in [2.24, 2.45) is 0 Å². The molecule has 0 aliphatic carbocycles. The van der Waals surface area contributed by atoms with Crippen LogP contribution in [0.15, 0.2) is 28.9 Å². The Morgan fingerprint density at radius 3 is 2.88 bits per heavy atom. The standard InChI is InChI=1S/C11H9BrN2O2S/c1-6-2-3-8(7(12)4-6)14-11-13-5-9(17-11)10(15)16/h2-5H,1H3,(H,13,14)(H,15,16). The summed E-state index contributed by atoms with van der Waals surface area (Å²) in [6, 6.07) is 5.87. The summed E-state index contributed by atoms with van der Waals surface area (Å²) in [5, 5.41) is 12.4. The molecule has 2 aromatic rings. The van der Waals surface area contributed by atoms with Crippen LogP contribution in [-0.4, -0.2) is 16.1 Å². The second-order valence-electron chi connectivity index (χ2n) is 3.44. The fourth-order valence-electron chi connectivity index (χ4n) is 1.27. The monoisotopic (exact) mass is 312 g/mol. The van der Waals surface area contributed by atoms with Gasteiger partial charge in [0.05, 0.1) is 11.9 Å². The van der Waals surface area contributed by atoms with E-state index in [0.29, 0.717) is 5.13 Å². The van der Waals surface area contributed by atoms with Crippen LogP contribution in [0.2, 0.25) is 0 Å². The fourth-order valence-corrected chi connectivity index (χ4v) is 2.53. The molecule has 17 heavy (non-hydrogen) atoms. The van der Waals surface area contributed by atoms with Gasteiger partial charge in [-0.25, -0.2) is 9.78 Å². The van der Waals surface area contributed by atoms with E-state index in [-0.39, 0.29) is 4.88 Å². The van der Waals surface area contributed by atoms with Gasteiger partial charge in [-0.05, 0) is 40.5 Å². The predicted molar refractivity (Wildman–Crippen MR) is 71.2 cm³/mol. The number of carbonyl (C=O) groups is 1. The van der Waals surface area contributed by atoms with Crippen LogP contribution in [0.4, 0.5) is 10.8 Å². The van der Waals surface area contributed by atoms with Crippen molar-refractivity contribution in [2.75, 3.05) is 5.32 Å². The highest BCUT2D eigenvalue weighted by atomic mass is 79.9. The van der Waals surface area contributed by atoms with Gasteiger partial charge in [-0.1, -0.05) is 17.4 Å². The molecule has 6 heteroatoms. The van der Waals surface area contributed by atoms with Gasteiger partial charge in [0.1, 0.15) is 4.88 Å². The highest BCUT2D eigenvalue weighted by Gasteiger charge is 2.09. The van der Waals surface area contributed by atoms with Gasteiger partial charge >= 0.3 is 5.97 Å². The number of carboxylic acids is 1. The summed E-state index contributed by atoms with van der Waals surface area (Å²) in [7, 11) is 0. The van der Waals surface area contributed by atoms with Crippen molar-refractivity contribution in [1.82, 2.24) is 4.98 Å². The van der Waals surface area contributed by atoms with Crippen molar-refractivity contribution in [3.63, 3.8) is 0 Å². The molecule has 88 valence electrons. The minimum atomic E-state index is -0.960. The number of hydrogen-bond acceptors (Lipinski definition) is 4. The summed E-state index contributed by atoms with van der Waals surface area (Å²) in [6.45, 7) is 2.00. The highest BCUT2D eigenvalue weighted by molar-refractivity contribution is 9.10. The summed E-state index contributed by atoms with van der Waals surface area (Å²) in [5.74, 6) is -0.960. The number of benzene rings is 1. The van der Waals surface area contributed by atoms with Gasteiger partial charge in [0.15, 0.2) is 5.13 Å². The number of nitrogens with zero attached hydrogens (tertiary/aromatic N) is 1. The summed E-state index contributed by atoms with van der Waals surface area (Å²) in [5.41, 5.74) is 2.01. The zero-order valence-corrected chi connectivity index (χ0v) is 11.3. The largest absolute Gasteiger partial charge is 0.477 e. The first-order chi connectivity index (χ1) is 8.06. The molecule has 2 N–H and O–H groups in total. The van der Waals surface area contributed by atoms with Crippen LogP contribution in [0.3, 0.4) is 0 Å². The van der Waals surface area contributed by atoms with Crippen molar-refractivity contribution >= 4 is 44.1 Å². The Hall–Kier alpha value is -1.40. The summed E-state index contributed by atoms with van der Waals surface area (Å²) >= 11 is 4.54. The average Bonchev–Trinajstić information content (AvgIpc) is 2.71. The number of carboxylic acid groups (broad SMARTS) is 1. The summed E-state index contributed by atoms with van der Waals surface area (Å²) < 4.78 is 0.921. The SMILES string of the molecule is Cc1ccc(Nc2ncc(C(=O)O)s2)c(Br)c1. The predicted octanol–water partition coefficient (Wildman–Crippen LogP) is 3.66. The lowest BCUT2D eigenvalue weighted by Crippen LogP contribution is -1.91. The number of aromatic nitrogens is 1. The van der Waals surface area contributed by atoms with E-state index in [9.17, 15) is 4.79 Å². The third kappa shape index (κ3) is 2.83. The lowest BCUT2D eigenvalue weighted by atomic mass is 10.2. The molecule has 0 saturated carbocycles. The van der Waals surface area contributed by atoms with Gasteiger partial charge < -0.3 is 10.4 Å². The Labute approximate surface area is 110 Å². The molecule has 0 saturated heterocycles. The Bertz CT molecular complexity index is 568. The highest BCUT2D eigenvalue weighted by Crippen LogP contribution is 2.28. The molecular weight excluding hydrogens is 304 g/mol. The van der Waals surface area contributed by atoms with Crippen LogP contribution in [0, 0.1) is 6.92 Å². The smallest absolute Gasteiger partial charge is 0.347 e. The number of hydrogen-bond donors (Lipinski definition) is 2. The molecule has 0 aliphatic rings. The molecule has 1 heterocycles. The maximum absolute atomic E-state index is 10.7. The molecule has 0 unspecified atom stereocenters. The normalized spacial score (nSPS) is 10.2. The second kappa shape index (κ2) is 4.85. The molecule has 0 radical (unpaired) electrons. The maximum atomic E-state index is 10.7. The lowest BCUT2D eigenvalue weighted by Gasteiger charge is -2.05. The first-order valence-electron chi connectivity index (χ1n) is 4.78. The third-order valence-corrected chi connectivity index (χ3v) is 3.64. The molecule has 0 aliphatic heterocycles. The van der Waals surface area contributed by atoms with Crippen LogP contribution < -0.4 is 5.32 Å². The van der Waals surface area contributed by atoms with Crippen LogP contribution in [0.25, 0.3) is 0 Å². The minimum Gasteiger partial charge on any atom is -0.477 e. The van der Waals surface area contributed by atoms with Crippen LogP contribution in [-0.2, 0) is 0 Å². The fraction of sp³-hybridized carbons (Fsp3) is 0.0909. The first kappa shape index (κ1) is 12.1. The number of thiazole rings is 1. The molecule has 0 spiro atoms. The van der Waals surface area contributed by atoms with Gasteiger partial charge in [0.2, 0.25) is 0 Å². The number of nitrogens with one attached hydrogen (secondary N) is 1. The molecule has 0 amide bonds. The van der Waals surface area contributed by atoms with Gasteiger partial charge in [-0.15, -0.1) is 0 Å². The van der Waals surface area contributed by atoms with E-state index in [1.807, 2.05) is 25.1 Å². The second-order valence-corrected chi connectivity index (χ2v) is 5.33. The number of aromatic carboxylic acids is 1.